The fraction of sp³-hybridized carbons (Fsp3) is 0.600. The van der Waals surface area contributed by atoms with Crippen LogP contribution in [-0.4, -0.2) is 55.5 Å². The molecule has 1 unspecified atom stereocenters. The van der Waals surface area contributed by atoms with Gasteiger partial charge in [-0.25, -0.2) is 0 Å². The molecule has 114 valence electrons. The lowest BCUT2D eigenvalue weighted by molar-refractivity contribution is -0.924. The summed E-state index contributed by atoms with van der Waals surface area (Å²) in [5.41, 5.74) is 7.82. The van der Waals surface area contributed by atoms with Gasteiger partial charge in [-0.05, 0) is 31.2 Å². The monoisotopic (exact) mass is 299 g/mol. The Labute approximate surface area is 128 Å². The molecule has 0 spiro atoms. The molecule has 3 N–H and O–H groups in total. The summed E-state index contributed by atoms with van der Waals surface area (Å²) in [6.45, 7) is 8.93. The first kappa shape index (κ1) is 17.1. The maximum absolute atomic E-state index is 9.28. The minimum Gasteiger partial charge on any atom is -1.00 e. The number of nitrogens with two attached hydrogens (primary N) is 1. The Morgan fingerprint density at radius 2 is 1.90 bits per heavy atom. The third kappa shape index (κ3) is 4.01. The van der Waals surface area contributed by atoms with E-state index in [0.717, 1.165) is 42.9 Å². The van der Waals surface area contributed by atoms with Crippen LogP contribution < -0.4 is 23.0 Å². The molecule has 1 aromatic carbocycles. The first-order valence-corrected chi connectivity index (χ1v) is 7.25. The Balaban J connectivity index is 0.00000200. The van der Waals surface area contributed by atoms with Gasteiger partial charge in [0.2, 0.25) is 0 Å². The van der Waals surface area contributed by atoms with Crippen molar-refractivity contribution in [2.45, 2.75) is 13.3 Å². The fourth-order valence-electron chi connectivity index (χ4n) is 3.01. The molecule has 4 nitrogen and oxygen atoms in total. The average molecular weight is 300 g/mol. The van der Waals surface area contributed by atoms with Crippen LogP contribution in [0, 0.1) is 0 Å². The second kappa shape index (κ2) is 7.72. The van der Waals surface area contributed by atoms with Crippen molar-refractivity contribution in [3.8, 4) is 0 Å². The lowest BCUT2D eigenvalue weighted by Crippen LogP contribution is -3.00. The van der Waals surface area contributed by atoms with Gasteiger partial charge in [0.05, 0.1) is 32.8 Å². The first-order chi connectivity index (χ1) is 9.19. The van der Waals surface area contributed by atoms with Crippen molar-refractivity contribution < 1.29 is 22.0 Å². The maximum atomic E-state index is 9.28. The van der Waals surface area contributed by atoms with Gasteiger partial charge in [-0.2, -0.15) is 0 Å². The van der Waals surface area contributed by atoms with E-state index in [-0.39, 0.29) is 19.0 Å². The van der Waals surface area contributed by atoms with Crippen LogP contribution in [0.5, 0.6) is 0 Å². The number of aliphatic hydroxyl groups is 1. The quantitative estimate of drug-likeness (QED) is 0.515. The molecule has 0 radical (unpaired) electrons. The number of rotatable bonds is 4. The van der Waals surface area contributed by atoms with Crippen LogP contribution in [0.25, 0.3) is 0 Å². The molecule has 0 bridgehead atoms. The Hall–Kier alpha value is -0.970. The third-order valence-corrected chi connectivity index (χ3v) is 4.41. The van der Waals surface area contributed by atoms with E-state index in [1.165, 1.54) is 18.7 Å². The smallest absolute Gasteiger partial charge is 0.102 e. The highest BCUT2D eigenvalue weighted by Crippen LogP contribution is 2.20. The van der Waals surface area contributed by atoms with Crippen molar-refractivity contribution in [2.24, 2.45) is 0 Å². The molecule has 1 fully saturated rings. The summed E-state index contributed by atoms with van der Waals surface area (Å²) in [5, 5.41) is 9.28. The van der Waals surface area contributed by atoms with Gasteiger partial charge in [-0.3, -0.25) is 0 Å². The van der Waals surface area contributed by atoms with Gasteiger partial charge in [-0.1, -0.05) is 0 Å². The Kier molecular flexibility index (Phi) is 6.59. The SMILES string of the molecule is CC[N+]1(CCO)CCCN(c2ccc(N)cc2)CC1.[Cl-]. The Bertz CT molecular complexity index is 399. The van der Waals surface area contributed by atoms with E-state index < -0.39 is 0 Å². The number of aliphatic hydroxyl groups excluding tert-OH is 1. The molecule has 1 atom stereocenters. The number of benzene rings is 1. The number of likely N-dealkylation sites (N-methyl/N-ethyl adjacent to an activating group) is 1. The average Bonchev–Trinajstić information content (AvgIpc) is 2.64. The first-order valence-electron chi connectivity index (χ1n) is 7.25. The molecule has 5 heteroatoms. The largest absolute Gasteiger partial charge is 1.00 e. The van der Waals surface area contributed by atoms with Crippen LogP contribution in [-0.2, 0) is 0 Å². The molecule has 1 heterocycles. The minimum atomic E-state index is 0. The second-order valence-electron chi connectivity index (χ2n) is 5.48. The lowest BCUT2D eigenvalue weighted by atomic mass is 10.2. The number of anilines is 2. The van der Waals surface area contributed by atoms with Crippen molar-refractivity contribution in [3.05, 3.63) is 24.3 Å². The molecule has 0 amide bonds. The molecule has 1 saturated heterocycles. The number of quaternary nitrogens is 1. The van der Waals surface area contributed by atoms with Crippen molar-refractivity contribution in [1.82, 2.24) is 0 Å². The van der Waals surface area contributed by atoms with Crippen molar-refractivity contribution in [2.75, 3.05) is 56.5 Å². The van der Waals surface area contributed by atoms with Crippen molar-refractivity contribution >= 4 is 11.4 Å². The van der Waals surface area contributed by atoms with Gasteiger partial charge in [-0.15, -0.1) is 0 Å². The number of nitrogen functional groups attached to an aromatic ring is 1. The van der Waals surface area contributed by atoms with E-state index in [1.54, 1.807) is 0 Å². The van der Waals surface area contributed by atoms with Crippen LogP contribution in [0.2, 0.25) is 0 Å². The number of halogens is 1. The van der Waals surface area contributed by atoms with Crippen molar-refractivity contribution in [1.29, 1.82) is 0 Å². The summed E-state index contributed by atoms with van der Waals surface area (Å²) >= 11 is 0. The molecule has 0 aliphatic carbocycles. The van der Waals surface area contributed by atoms with E-state index in [4.69, 9.17) is 5.73 Å². The normalized spacial score (nSPS) is 23.0. The highest BCUT2D eigenvalue weighted by molar-refractivity contribution is 5.53. The van der Waals surface area contributed by atoms with Gasteiger partial charge in [0, 0.05) is 24.3 Å². The predicted octanol–water partition coefficient (Wildman–Crippen LogP) is -1.69. The maximum Gasteiger partial charge on any atom is 0.102 e. The second-order valence-corrected chi connectivity index (χ2v) is 5.48. The zero-order valence-electron chi connectivity index (χ0n) is 12.3. The summed E-state index contributed by atoms with van der Waals surface area (Å²) in [6, 6.07) is 8.15. The van der Waals surface area contributed by atoms with Gasteiger partial charge < -0.3 is 32.6 Å². The molecule has 20 heavy (non-hydrogen) atoms. The van der Waals surface area contributed by atoms with Gasteiger partial charge in [0.15, 0.2) is 0 Å². The number of hydrogen-bond acceptors (Lipinski definition) is 3. The molecular formula is C15H26ClN3O. The third-order valence-electron chi connectivity index (χ3n) is 4.41. The van der Waals surface area contributed by atoms with E-state index >= 15 is 0 Å². The molecule has 1 aromatic rings. The highest BCUT2D eigenvalue weighted by atomic mass is 35.5. The molecule has 1 aliphatic heterocycles. The molecule has 0 aromatic heterocycles. The van der Waals surface area contributed by atoms with Crippen LogP contribution in [0.1, 0.15) is 13.3 Å². The summed E-state index contributed by atoms with van der Waals surface area (Å²) in [5.74, 6) is 0. The van der Waals surface area contributed by atoms with Gasteiger partial charge in [0.25, 0.3) is 0 Å². The Morgan fingerprint density at radius 1 is 1.20 bits per heavy atom. The van der Waals surface area contributed by atoms with E-state index in [1.807, 2.05) is 12.1 Å². The summed E-state index contributed by atoms with van der Waals surface area (Å²) in [4.78, 5) is 2.44. The summed E-state index contributed by atoms with van der Waals surface area (Å²) < 4.78 is 1.04. The summed E-state index contributed by atoms with van der Waals surface area (Å²) in [7, 11) is 0. The van der Waals surface area contributed by atoms with Gasteiger partial charge >= 0.3 is 0 Å². The van der Waals surface area contributed by atoms with Crippen LogP contribution in [0.4, 0.5) is 11.4 Å². The van der Waals surface area contributed by atoms with E-state index in [9.17, 15) is 5.11 Å². The predicted molar refractivity (Wildman–Crippen MR) is 80.2 cm³/mol. The minimum absolute atomic E-state index is 0. The summed E-state index contributed by atoms with van der Waals surface area (Å²) in [6.07, 6.45) is 1.18. The lowest BCUT2D eigenvalue weighted by Gasteiger charge is -2.36. The molecular weight excluding hydrogens is 274 g/mol. The fourth-order valence-corrected chi connectivity index (χ4v) is 3.01. The standard InChI is InChI=1S/C15H26N3O.ClH/c1-2-18(12-13-19)10-3-8-17(9-11-18)15-6-4-14(16)5-7-15;/h4-7,19H,2-3,8-13,16H2,1H3;1H/q+1;/p-1. The molecule has 2 rings (SSSR count). The number of hydrogen-bond donors (Lipinski definition) is 2. The Morgan fingerprint density at radius 3 is 2.50 bits per heavy atom. The topological polar surface area (TPSA) is 49.5 Å². The highest BCUT2D eigenvalue weighted by Gasteiger charge is 2.28. The number of nitrogens with zero attached hydrogens (tertiary/aromatic N) is 2. The molecule has 0 saturated carbocycles. The van der Waals surface area contributed by atoms with E-state index in [2.05, 4.69) is 24.0 Å². The zero-order chi connectivity index (χ0) is 13.7. The zero-order valence-corrected chi connectivity index (χ0v) is 13.0. The van der Waals surface area contributed by atoms with E-state index in [0.29, 0.717) is 0 Å². The van der Waals surface area contributed by atoms with Crippen LogP contribution in [0.3, 0.4) is 0 Å². The van der Waals surface area contributed by atoms with Gasteiger partial charge in [0.1, 0.15) is 6.54 Å². The van der Waals surface area contributed by atoms with Crippen LogP contribution in [0.15, 0.2) is 24.3 Å². The molecule has 1 aliphatic rings. The van der Waals surface area contributed by atoms with Crippen LogP contribution >= 0.6 is 0 Å². The van der Waals surface area contributed by atoms with Crippen molar-refractivity contribution in [3.63, 3.8) is 0 Å².